The first kappa shape index (κ1) is 12.0. The first-order chi connectivity index (χ1) is 7.13. The minimum atomic E-state index is -0.605. The lowest BCUT2D eigenvalue weighted by atomic mass is 10.1. The van der Waals surface area contributed by atoms with Gasteiger partial charge >= 0.3 is 5.97 Å². The zero-order chi connectivity index (χ0) is 11.3. The van der Waals surface area contributed by atoms with Crippen LogP contribution in [0.5, 0.6) is 0 Å². The summed E-state index contributed by atoms with van der Waals surface area (Å²) in [6, 6.07) is 6.64. The van der Waals surface area contributed by atoms with Gasteiger partial charge in [-0.1, -0.05) is 23.7 Å². The Morgan fingerprint density at radius 1 is 1.47 bits per heavy atom. The van der Waals surface area contributed by atoms with E-state index in [4.69, 9.17) is 22.1 Å². The van der Waals surface area contributed by atoms with E-state index in [0.717, 1.165) is 5.56 Å². The molecule has 0 heterocycles. The Labute approximate surface area is 94.2 Å². The highest BCUT2D eigenvalue weighted by Crippen LogP contribution is 2.10. The zero-order valence-corrected chi connectivity index (χ0v) is 9.33. The van der Waals surface area contributed by atoms with Gasteiger partial charge in [0.25, 0.3) is 0 Å². The van der Waals surface area contributed by atoms with E-state index >= 15 is 0 Å². The summed E-state index contributed by atoms with van der Waals surface area (Å²) in [5.74, 6) is -0.368. The lowest BCUT2D eigenvalue weighted by Gasteiger charge is -2.10. The van der Waals surface area contributed by atoms with Crippen molar-refractivity contribution in [2.24, 2.45) is 5.73 Å². The number of hydrogen-bond donors (Lipinski definition) is 1. The first-order valence-electron chi connectivity index (χ1n) is 4.80. The number of rotatable bonds is 4. The largest absolute Gasteiger partial charge is 0.465 e. The second kappa shape index (κ2) is 5.73. The number of halogens is 1. The van der Waals surface area contributed by atoms with E-state index in [9.17, 15) is 4.79 Å². The van der Waals surface area contributed by atoms with Gasteiger partial charge in [0.05, 0.1) is 6.61 Å². The van der Waals surface area contributed by atoms with Gasteiger partial charge < -0.3 is 10.5 Å². The van der Waals surface area contributed by atoms with Crippen molar-refractivity contribution in [2.45, 2.75) is 19.4 Å². The van der Waals surface area contributed by atoms with Crippen LogP contribution in [0.25, 0.3) is 0 Å². The Kier molecular flexibility index (Phi) is 4.59. The molecule has 0 aliphatic rings. The number of carbonyl (C=O) groups excluding carboxylic acids is 1. The third-order valence-corrected chi connectivity index (χ3v) is 2.21. The average Bonchev–Trinajstić information content (AvgIpc) is 2.22. The maximum atomic E-state index is 11.2. The standard InChI is InChI=1S/C11H14ClNO2/c1-2-15-11(14)10(13)7-8-3-5-9(12)6-4-8/h3-6,10H,2,7,13H2,1H3/t10-/m1/s1. The first-order valence-corrected chi connectivity index (χ1v) is 5.18. The molecule has 1 aromatic carbocycles. The number of hydrogen-bond acceptors (Lipinski definition) is 3. The van der Waals surface area contributed by atoms with Gasteiger partial charge in [0, 0.05) is 5.02 Å². The molecule has 0 fully saturated rings. The van der Waals surface area contributed by atoms with Gasteiger partial charge in [-0.25, -0.2) is 0 Å². The zero-order valence-electron chi connectivity index (χ0n) is 8.57. The molecule has 15 heavy (non-hydrogen) atoms. The molecule has 0 radical (unpaired) electrons. The molecule has 0 aliphatic heterocycles. The Morgan fingerprint density at radius 2 is 2.07 bits per heavy atom. The van der Waals surface area contributed by atoms with Crippen LogP contribution in [0, 0.1) is 0 Å². The Bertz CT molecular complexity index is 324. The predicted molar refractivity (Wildman–Crippen MR) is 59.8 cm³/mol. The van der Waals surface area contributed by atoms with Gasteiger partial charge in [0.2, 0.25) is 0 Å². The molecule has 0 saturated heterocycles. The Hall–Kier alpha value is -1.06. The second-order valence-electron chi connectivity index (χ2n) is 3.19. The number of carbonyl (C=O) groups is 1. The monoisotopic (exact) mass is 227 g/mol. The van der Waals surface area contributed by atoms with E-state index in [1.54, 1.807) is 19.1 Å². The summed E-state index contributed by atoms with van der Waals surface area (Å²) >= 11 is 5.74. The summed E-state index contributed by atoms with van der Waals surface area (Å²) in [6.45, 7) is 2.11. The molecule has 0 saturated carbocycles. The van der Waals surface area contributed by atoms with Gasteiger partial charge in [-0.05, 0) is 31.0 Å². The summed E-state index contributed by atoms with van der Waals surface area (Å²) in [7, 11) is 0. The van der Waals surface area contributed by atoms with Crippen LogP contribution in [0.2, 0.25) is 5.02 Å². The number of esters is 1. The summed E-state index contributed by atoms with van der Waals surface area (Å²) in [6.07, 6.45) is 0.468. The van der Waals surface area contributed by atoms with Gasteiger partial charge in [-0.15, -0.1) is 0 Å². The van der Waals surface area contributed by atoms with Crippen molar-refractivity contribution in [1.82, 2.24) is 0 Å². The fourth-order valence-electron chi connectivity index (χ4n) is 1.21. The lowest BCUT2D eigenvalue weighted by Crippen LogP contribution is -2.34. The Balaban J connectivity index is 2.54. The average molecular weight is 228 g/mol. The molecule has 2 N–H and O–H groups in total. The van der Waals surface area contributed by atoms with Crippen LogP contribution in [-0.4, -0.2) is 18.6 Å². The van der Waals surface area contributed by atoms with Crippen LogP contribution in [0.1, 0.15) is 12.5 Å². The molecule has 0 unspecified atom stereocenters. The molecule has 1 rings (SSSR count). The molecule has 0 aromatic heterocycles. The van der Waals surface area contributed by atoms with Crippen molar-refractivity contribution in [3.63, 3.8) is 0 Å². The maximum Gasteiger partial charge on any atom is 0.323 e. The summed E-state index contributed by atoms with van der Waals surface area (Å²) in [5, 5.41) is 0.670. The minimum Gasteiger partial charge on any atom is -0.465 e. The fraction of sp³-hybridized carbons (Fsp3) is 0.364. The van der Waals surface area contributed by atoms with Crippen LogP contribution in [0.4, 0.5) is 0 Å². The van der Waals surface area contributed by atoms with Crippen molar-refractivity contribution in [1.29, 1.82) is 0 Å². The molecular weight excluding hydrogens is 214 g/mol. The van der Waals surface area contributed by atoms with E-state index in [2.05, 4.69) is 0 Å². The Morgan fingerprint density at radius 3 is 2.60 bits per heavy atom. The van der Waals surface area contributed by atoms with Crippen molar-refractivity contribution in [3.05, 3.63) is 34.9 Å². The van der Waals surface area contributed by atoms with E-state index in [1.807, 2.05) is 12.1 Å². The second-order valence-corrected chi connectivity index (χ2v) is 3.63. The molecule has 0 amide bonds. The molecule has 82 valence electrons. The molecule has 0 bridgehead atoms. The normalized spacial score (nSPS) is 12.2. The molecule has 1 aromatic rings. The quantitative estimate of drug-likeness (QED) is 0.798. The van der Waals surface area contributed by atoms with Gasteiger partial charge in [-0.2, -0.15) is 0 Å². The summed E-state index contributed by atoms with van der Waals surface area (Å²) in [5.41, 5.74) is 6.64. The maximum absolute atomic E-state index is 11.2. The molecular formula is C11H14ClNO2. The highest BCUT2D eigenvalue weighted by atomic mass is 35.5. The molecule has 0 aliphatic carbocycles. The molecule has 0 spiro atoms. The van der Waals surface area contributed by atoms with Crippen LogP contribution in [0.15, 0.2) is 24.3 Å². The fourth-order valence-corrected chi connectivity index (χ4v) is 1.33. The highest BCUT2D eigenvalue weighted by molar-refractivity contribution is 6.30. The van der Waals surface area contributed by atoms with Gasteiger partial charge in [0.15, 0.2) is 0 Å². The smallest absolute Gasteiger partial charge is 0.323 e. The van der Waals surface area contributed by atoms with Crippen LogP contribution in [-0.2, 0) is 16.0 Å². The number of ether oxygens (including phenoxy) is 1. The van der Waals surface area contributed by atoms with E-state index in [0.29, 0.717) is 18.1 Å². The van der Waals surface area contributed by atoms with Crippen LogP contribution < -0.4 is 5.73 Å². The van der Waals surface area contributed by atoms with Crippen molar-refractivity contribution in [3.8, 4) is 0 Å². The number of benzene rings is 1. The molecule has 3 nitrogen and oxygen atoms in total. The van der Waals surface area contributed by atoms with E-state index < -0.39 is 6.04 Å². The lowest BCUT2D eigenvalue weighted by molar-refractivity contribution is -0.144. The third kappa shape index (κ3) is 3.90. The highest BCUT2D eigenvalue weighted by Gasteiger charge is 2.14. The SMILES string of the molecule is CCOC(=O)[C@H](N)Cc1ccc(Cl)cc1. The molecule has 1 atom stereocenters. The topological polar surface area (TPSA) is 52.3 Å². The predicted octanol–water partition coefficient (Wildman–Crippen LogP) is 1.77. The van der Waals surface area contributed by atoms with Crippen molar-refractivity contribution >= 4 is 17.6 Å². The van der Waals surface area contributed by atoms with Crippen molar-refractivity contribution < 1.29 is 9.53 Å². The summed E-state index contributed by atoms with van der Waals surface area (Å²) < 4.78 is 4.81. The van der Waals surface area contributed by atoms with E-state index in [-0.39, 0.29) is 5.97 Å². The van der Waals surface area contributed by atoms with Gasteiger partial charge in [0.1, 0.15) is 6.04 Å². The van der Waals surface area contributed by atoms with E-state index in [1.165, 1.54) is 0 Å². The van der Waals surface area contributed by atoms with Crippen LogP contribution in [0.3, 0.4) is 0 Å². The van der Waals surface area contributed by atoms with Crippen molar-refractivity contribution in [2.75, 3.05) is 6.61 Å². The molecule has 4 heteroatoms. The van der Waals surface area contributed by atoms with Gasteiger partial charge in [-0.3, -0.25) is 4.79 Å². The number of nitrogens with two attached hydrogens (primary N) is 1. The minimum absolute atomic E-state index is 0.354. The summed E-state index contributed by atoms with van der Waals surface area (Å²) in [4.78, 5) is 11.2. The van der Waals surface area contributed by atoms with Crippen LogP contribution >= 0.6 is 11.6 Å². The third-order valence-electron chi connectivity index (χ3n) is 1.96.